The van der Waals surface area contributed by atoms with Gasteiger partial charge in [0.1, 0.15) is 6.04 Å². The minimum Gasteiger partial charge on any atom is -0.316 e. The predicted octanol–water partition coefficient (Wildman–Crippen LogP) is 3.60. The smallest absolute Gasteiger partial charge is 0.316 e. The van der Waals surface area contributed by atoms with Crippen LogP contribution < -0.4 is 5.32 Å². The van der Waals surface area contributed by atoms with Crippen molar-refractivity contribution in [3.05, 3.63) is 48.0 Å². The van der Waals surface area contributed by atoms with Gasteiger partial charge in [-0.1, -0.05) is 42.5 Å². The van der Waals surface area contributed by atoms with Crippen LogP contribution in [0.2, 0.25) is 0 Å². The molecule has 150 valence electrons. The molecule has 0 bridgehead atoms. The molecular weight excluding hydrogens is 374 g/mol. The van der Waals surface area contributed by atoms with Crippen molar-refractivity contribution >= 4 is 35.1 Å². The number of rotatable bonds is 8. The van der Waals surface area contributed by atoms with Gasteiger partial charge < -0.3 is 10.2 Å². The summed E-state index contributed by atoms with van der Waals surface area (Å²) in [6.45, 7) is 3.14. The van der Waals surface area contributed by atoms with Crippen LogP contribution in [0.3, 0.4) is 0 Å². The van der Waals surface area contributed by atoms with Crippen LogP contribution in [-0.4, -0.2) is 54.0 Å². The first-order valence-electron chi connectivity index (χ1n) is 10.0. The van der Waals surface area contributed by atoms with Gasteiger partial charge in [-0.05, 0) is 61.5 Å². The van der Waals surface area contributed by atoms with E-state index in [1.807, 2.05) is 0 Å². The number of nitrogens with zero attached hydrogens (tertiary/aromatic N) is 2. The van der Waals surface area contributed by atoms with Gasteiger partial charge in [0.15, 0.2) is 0 Å². The molecule has 1 N–H and O–H groups in total. The molecule has 1 unspecified atom stereocenters. The number of unbranched alkanes of at least 4 members (excludes halogenated alkanes) is 1. The summed E-state index contributed by atoms with van der Waals surface area (Å²) < 4.78 is 0. The molecule has 2 aliphatic heterocycles. The van der Waals surface area contributed by atoms with Gasteiger partial charge >= 0.3 is 6.03 Å². The Balaban J connectivity index is 0.00000225. The number of imide groups is 1. The van der Waals surface area contributed by atoms with E-state index in [-0.39, 0.29) is 30.4 Å². The number of halogens is 1. The van der Waals surface area contributed by atoms with Gasteiger partial charge in [-0.15, -0.1) is 12.4 Å². The molecule has 2 aromatic rings. The van der Waals surface area contributed by atoms with Gasteiger partial charge in [0.25, 0.3) is 5.91 Å². The van der Waals surface area contributed by atoms with Gasteiger partial charge in [-0.25, -0.2) is 4.79 Å². The Morgan fingerprint density at radius 2 is 1.82 bits per heavy atom. The summed E-state index contributed by atoms with van der Waals surface area (Å²) in [4.78, 5) is 27.7. The molecule has 2 aromatic carbocycles. The topological polar surface area (TPSA) is 52.7 Å². The quantitative estimate of drug-likeness (QED) is 0.543. The second-order valence-corrected chi connectivity index (χ2v) is 7.47. The second-order valence-electron chi connectivity index (χ2n) is 7.47. The minimum absolute atomic E-state index is 0. The van der Waals surface area contributed by atoms with Crippen LogP contribution in [-0.2, 0) is 11.2 Å². The highest BCUT2D eigenvalue weighted by atomic mass is 35.5. The number of benzene rings is 2. The van der Waals surface area contributed by atoms with Crippen LogP contribution in [0.1, 0.15) is 31.2 Å². The maximum Gasteiger partial charge on any atom is 0.327 e. The maximum absolute atomic E-state index is 12.3. The Hall–Kier alpha value is -2.11. The summed E-state index contributed by atoms with van der Waals surface area (Å²) in [6, 6.07) is 14.7. The molecule has 4 rings (SSSR count). The van der Waals surface area contributed by atoms with Crippen molar-refractivity contribution in [3.8, 4) is 0 Å². The number of amides is 3. The lowest BCUT2D eigenvalue weighted by atomic mass is 10.0. The number of hydrogen-bond donors (Lipinski definition) is 1. The molecule has 2 saturated heterocycles. The standard InChI is InChI=1S/C22H27N3O2.ClH/c26-21-20-11-6-16-24(20)22(27)25(21)15-4-3-13-23-14-12-18-9-5-8-17-7-1-2-10-19(17)18;/h1-2,5,7-10,20,23H,3-4,6,11-16H2;1H. The molecular formula is C22H28ClN3O2. The number of fused-ring (bicyclic) bond motifs is 2. The van der Waals surface area contributed by atoms with Crippen molar-refractivity contribution in [2.45, 2.75) is 38.1 Å². The van der Waals surface area contributed by atoms with Gasteiger partial charge in [0.05, 0.1) is 0 Å². The summed E-state index contributed by atoms with van der Waals surface area (Å²) in [5.74, 6) is 0.0152. The average molecular weight is 402 g/mol. The first-order chi connectivity index (χ1) is 13.3. The number of carbonyl (C=O) groups excluding carboxylic acids is 2. The van der Waals surface area contributed by atoms with Crippen LogP contribution >= 0.6 is 12.4 Å². The Morgan fingerprint density at radius 1 is 1.00 bits per heavy atom. The zero-order valence-corrected chi connectivity index (χ0v) is 16.9. The lowest BCUT2D eigenvalue weighted by molar-refractivity contribution is -0.128. The fourth-order valence-corrected chi connectivity index (χ4v) is 4.27. The monoisotopic (exact) mass is 401 g/mol. The number of nitrogens with one attached hydrogen (secondary N) is 1. The van der Waals surface area contributed by atoms with Crippen molar-refractivity contribution in [2.75, 3.05) is 26.2 Å². The van der Waals surface area contributed by atoms with Gasteiger partial charge in [0.2, 0.25) is 0 Å². The third-order valence-corrected chi connectivity index (χ3v) is 5.72. The van der Waals surface area contributed by atoms with Crippen molar-refractivity contribution in [3.63, 3.8) is 0 Å². The van der Waals surface area contributed by atoms with Gasteiger partial charge in [0, 0.05) is 13.1 Å². The Labute approximate surface area is 172 Å². The molecule has 2 fully saturated rings. The Kier molecular flexibility index (Phi) is 6.92. The van der Waals surface area contributed by atoms with E-state index in [2.05, 4.69) is 47.8 Å². The van der Waals surface area contributed by atoms with E-state index in [4.69, 9.17) is 0 Å². The fourth-order valence-electron chi connectivity index (χ4n) is 4.27. The zero-order valence-electron chi connectivity index (χ0n) is 16.1. The molecule has 0 radical (unpaired) electrons. The van der Waals surface area contributed by atoms with Crippen molar-refractivity contribution in [2.24, 2.45) is 0 Å². The number of carbonyl (C=O) groups is 2. The zero-order chi connectivity index (χ0) is 18.6. The molecule has 0 spiro atoms. The summed E-state index contributed by atoms with van der Waals surface area (Å²) in [6.07, 6.45) is 4.62. The highest BCUT2D eigenvalue weighted by molar-refractivity contribution is 6.04. The maximum atomic E-state index is 12.3. The Bertz CT molecular complexity index is 814. The molecule has 28 heavy (non-hydrogen) atoms. The molecule has 0 aliphatic carbocycles. The molecule has 2 heterocycles. The minimum atomic E-state index is -0.170. The molecule has 2 aliphatic rings. The average Bonchev–Trinajstić information content (AvgIpc) is 3.26. The van der Waals surface area contributed by atoms with E-state index in [1.54, 1.807) is 4.90 Å². The summed E-state index contributed by atoms with van der Waals surface area (Å²) in [5.41, 5.74) is 1.37. The van der Waals surface area contributed by atoms with Crippen LogP contribution in [0, 0.1) is 0 Å². The molecule has 5 nitrogen and oxygen atoms in total. The summed E-state index contributed by atoms with van der Waals surface area (Å²) in [5, 5.41) is 6.10. The van der Waals surface area contributed by atoms with E-state index < -0.39 is 0 Å². The first-order valence-corrected chi connectivity index (χ1v) is 10.0. The predicted molar refractivity (Wildman–Crippen MR) is 114 cm³/mol. The summed E-state index contributed by atoms with van der Waals surface area (Å²) in [7, 11) is 0. The lowest BCUT2D eigenvalue weighted by Crippen LogP contribution is -2.34. The van der Waals surface area contributed by atoms with Crippen molar-refractivity contribution < 1.29 is 9.59 Å². The fraction of sp³-hybridized carbons (Fsp3) is 0.455. The van der Waals surface area contributed by atoms with Crippen LogP contribution in [0.4, 0.5) is 4.79 Å². The lowest BCUT2D eigenvalue weighted by Gasteiger charge is -2.15. The Morgan fingerprint density at radius 3 is 2.68 bits per heavy atom. The second kappa shape index (κ2) is 9.39. The number of hydrogen-bond acceptors (Lipinski definition) is 3. The largest absolute Gasteiger partial charge is 0.327 e. The van der Waals surface area contributed by atoms with Gasteiger partial charge in [-0.2, -0.15) is 0 Å². The van der Waals surface area contributed by atoms with Crippen LogP contribution in [0.15, 0.2) is 42.5 Å². The SMILES string of the molecule is Cl.O=C1C2CCCN2C(=O)N1CCCCNCCc1cccc2ccccc12. The molecule has 3 amide bonds. The first kappa shape index (κ1) is 20.6. The van der Waals surface area contributed by atoms with E-state index in [9.17, 15) is 9.59 Å². The van der Waals surface area contributed by atoms with E-state index in [0.29, 0.717) is 6.54 Å². The van der Waals surface area contributed by atoms with E-state index in [1.165, 1.54) is 21.2 Å². The van der Waals surface area contributed by atoms with Crippen molar-refractivity contribution in [1.29, 1.82) is 0 Å². The van der Waals surface area contributed by atoms with Crippen LogP contribution in [0.25, 0.3) is 10.8 Å². The molecule has 0 aromatic heterocycles. The van der Waals surface area contributed by atoms with Crippen LogP contribution in [0.5, 0.6) is 0 Å². The molecule has 6 heteroatoms. The van der Waals surface area contributed by atoms with E-state index >= 15 is 0 Å². The van der Waals surface area contributed by atoms with E-state index in [0.717, 1.165) is 51.7 Å². The van der Waals surface area contributed by atoms with Crippen molar-refractivity contribution in [1.82, 2.24) is 15.1 Å². The summed E-state index contributed by atoms with van der Waals surface area (Å²) >= 11 is 0. The highest BCUT2D eigenvalue weighted by Gasteiger charge is 2.46. The van der Waals surface area contributed by atoms with Gasteiger partial charge in [-0.3, -0.25) is 9.69 Å². The highest BCUT2D eigenvalue weighted by Crippen LogP contribution is 2.27. The normalized spacial score (nSPS) is 18.6. The third kappa shape index (κ3) is 4.15. The molecule has 1 atom stereocenters. The number of urea groups is 1. The third-order valence-electron chi connectivity index (χ3n) is 5.72. The molecule has 0 saturated carbocycles.